The highest BCUT2D eigenvalue weighted by Gasteiger charge is 2.19. The summed E-state index contributed by atoms with van der Waals surface area (Å²) in [6, 6.07) is 18.2. The van der Waals surface area contributed by atoms with Crippen LogP contribution in [0.1, 0.15) is 17.5 Å². The number of aryl methyl sites for hydroxylation is 1. The molecule has 0 spiro atoms. The Balaban J connectivity index is 1.54. The molecule has 0 bridgehead atoms. The molecule has 1 N–H and O–H groups in total. The molecule has 5 aromatic rings. The van der Waals surface area contributed by atoms with Crippen LogP contribution in [0.15, 0.2) is 71.9 Å². The molecular weight excluding hydrogens is 414 g/mol. The summed E-state index contributed by atoms with van der Waals surface area (Å²) in [5.41, 5.74) is 3.61. The molecule has 7 heteroatoms. The Labute approximate surface area is 190 Å². The Hall–Kier alpha value is -4.13. The van der Waals surface area contributed by atoms with E-state index in [-0.39, 0.29) is 5.56 Å². The number of nitrogens with one attached hydrogen (secondary N) is 1. The van der Waals surface area contributed by atoms with E-state index in [1.54, 1.807) is 24.2 Å². The van der Waals surface area contributed by atoms with Gasteiger partial charge in [-0.05, 0) is 47.6 Å². The van der Waals surface area contributed by atoms with Crippen molar-refractivity contribution in [3.8, 4) is 11.4 Å². The van der Waals surface area contributed by atoms with Crippen molar-refractivity contribution < 1.29 is 4.74 Å². The van der Waals surface area contributed by atoms with Gasteiger partial charge in [0.15, 0.2) is 0 Å². The van der Waals surface area contributed by atoms with Gasteiger partial charge in [-0.15, -0.1) is 0 Å². The molecule has 3 heterocycles. The maximum absolute atomic E-state index is 13.7. The first kappa shape index (κ1) is 19.5. The van der Waals surface area contributed by atoms with Gasteiger partial charge in [0.25, 0.3) is 5.56 Å². The third kappa shape index (κ3) is 3.24. The predicted molar refractivity (Wildman–Crippen MR) is 130 cm³/mol. The fraction of sp³-hybridized carbons (Fsp3) is 0.192. The lowest BCUT2D eigenvalue weighted by molar-refractivity contribution is 0.414. The molecule has 2 aromatic heterocycles. The highest BCUT2D eigenvalue weighted by Crippen LogP contribution is 2.29. The van der Waals surface area contributed by atoms with Gasteiger partial charge in [0, 0.05) is 18.5 Å². The van der Waals surface area contributed by atoms with Crippen molar-refractivity contribution in [2.75, 3.05) is 19.0 Å². The van der Waals surface area contributed by atoms with Gasteiger partial charge in [-0.1, -0.05) is 36.4 Å². The number of hydrogen-bond acceptors (Lipinski definition) is 5. The van der Waals surface area contributed by atoms with Gasteiger partial charge in [-0.3, -0.25) is 9.36 Å². The standard InChI is InChI=1S/C26H23N5O2/c1-33-19-9-7-17(8-10-19)13-18-14-22-24(21-6-3-2-5-20(18)21)28-16-30(26(22)32)23-15-29-31-12-4-11-27-25(23)31/h2-3,5-10,14-16,27H,4,11-13H2,1H3. The molecule has 0 atom stereocenters. The molecule has 0 amide bonds. The number of rotatable bonds is 4. The minimum absolute atomic E-state index is 0.0927. The molecule has 0 saturated carbocycles. The Morgan fingerprint density at radius 2 is 1.88 bits per heavy atom. The summed E-state index contributed by atoms with van der Waals surface area (Å²) in [4.78, 5) is 18.4. The van der Waals surface area contributed by atoms with Gasteiger partial charge in [-0.25, -0.2) is 9.67 Å². The maximum atomic E-state index is 13.7. The van der Waals surface area contributed by atoms with Gasteiger partial charge < -0.3 is 10.1 Å². The van der Waals surface area contributed by atoms with Crippen LogP contribution < -0.4 is 15.6 Å². The van der Waals surface area contributed by atoms with Crippen molar-refractivity contribution in [1.29, 1.82) is 0 Å². The van der Waals surface area contributed by atoms with E-state index >= 15 is 0 Å². The quantitative estimate of drug-likeness (QED) is 0.428. The molecule has 0 unspecified atom stereocenters. The molecule has 7 nitrogen and oxygen atoms in total. The van der Waals surface area contributed by atoms with E-state index in [0.29, 0.717) is 11.8 Å². The third-order valence-corrected chi connectivity index (χ3v) is 6.33. The second-order valence-corrected chi connectivity index (χ2v) is 8.30. The van der Waals surface area contributed by atoms with Crippen LogP contribution in [0.4, 0.5) is 5.82 Å². The number of methoxy groups -OCH3 is 1. The van der Waals surface area contributed by atoms with E-state index in [9.17, 15) is 4.79 Å². The van der Waals surface area contributed by atoms with Crippen molar-refractivity contribution >= 4 is 27.5 Å². The summed E-state index contributed by atoms with van der Waals surface area (Å²) in [6.07, 6.45) is 5.08. The smallest absolute Gasteiger partial charge is 0.265 e. The van der Waals surface area contributed by atoms with E-state index in [0.717, 1.165) is 64.2 Å². The maximum Gasteiger partial charge on any atom is 0.265 e. The summed E-state index contributed by atoms with van der Waals surface area (Å²) in [5.74, 6) is 1.69. The lowest BCUT2D eigenvalue weighted by Gasteiger charge is -2.17. The van der Waals surface area contributed by atoms with Crippen LogP contribution in [0.5, 0.6) is 5.75 Å². The average Bonchev–Trinajstić information content (AvgIpc) is 3.29. The molecular formula is C26H23N5O2. The second-order valence-electron chi connectivity index (χ2n) is 8.30. The fourth-order valence-electron chi connectivity index (χ4n) is 4.65. The van der Waals surface area contributed by atoms with Crippen LogP contribution in [0.2, 0.25) is 0 Å². The Kier molecular flexibility index (Phi) is 4.61. The molecule has 0 fully saturated rings. The van der Waals surface area contributed by atoms with Gasteiger partial charge >= 0.3 is 0 Å². The van der Waals surface area contributed by atoms with Crippen molar-refractivity contribution in [2.45, 2.75) is 19.4 Å². The van der Waals surface area contributed by atoms with Crippen molar-refractivity contribution in [2.24, 2.45) is 0 Å². The van der Waals surface area contributed by atoms with E-state index in [4.69, 9.17) is 9.72 Å². The number of aromatic nitrogens is 4. The molecule has 3 aromatic carbocycles. The summed E-state index contributed by atoms with van der Waals surface area (Å²) in [7, 11) is 1.66. The van der Waals surface area contributed by atoms with Crippen LogP contribution in [0.25, 0.3) is 27.4 Å². The number of hydrogen-bond donors (Lipinski definition) is 1. The van der Waals surface area contributed by atoms with Gasteiger partial charge in [0.05, 0.1) is 24.2 Å². The summed E-state index contributed by atoms with van der Waals surface area (Å²) in [5, 5.41) is 10.5. The summed E-state index contributed by atoms with van der Waals surface area (Å²) >= 11 is 0. The average molecular weight is 438 g/mol. The van der Waals surface area contributed by atoms with Crippen molar-refractivity contribution in [3.63, 3.8) is 0 Å². The van der Waals surface area contributed by atoms with Gasteiger partial charge in [0.2, 0.25) is 0 Å². The SMILES string of the molecule is COc1ccc(Cc2cc3c(=O)n(-c4cnn5c4NCCC5)cnc3c3ccccc23)cc1. The fourth-order valence-corrected chi connectivity index (χ4v) is 4.65. The zero-order chi connectivity index (χ0) is 22.4. The molecule has 0 saturated heterocycles. The highest BCUT2D eigenvalue weighted by molar-refractivity contribution is 6.06. The van der Waals surface area contributed by atoms with Crippen LogP contribution in [0.3, 0.4) is 0 Å². The monoisotopic (exact) mass is 437 g/mol. The summed E-state index contributed by atoms with van der Waals surface area (Å²) < 4.78 is 8.80. The van der Waals surface area contributed by atoms with E-state index in [2.05, 4.69) is 28.6 Å². The molecule has 1 aliphatic rings. The lowest BCUT2D eigenvalue weighted by atomic mass is 9.96. The highest BCUT2D eigenvalue weighted by atomic mass is 16.5. The first-order valence-corrected chi connectivity index (χ1v) is 11.1. The normalized spacial score (nSPS) is 13.1. The third-order valence-electron chi connectivity index (χ3n) is 6.33. The topological polar surface area (TPSA) is 74.0 Å². The molecule has 0 aliphatic carbocycles. The number of benzene rings is 3. The van der Waals surface area contributed by atoms with Crippen LogP contribution in [-0.2, 0) is 13.0 Å². The van der Waals surface area contributed by atoms with Crippen LogP contribution in [0, 0.1) is 0 Å². The minimum atomic E-state index is -0.0927. The molecule has 164 valence electrons. The molecule has 6 rings (SSSR count). The van der Waals surface area contributed by atoms with Crippen molar-refractivity contribution in [1.82, 2.24) is 19.3 Å². The first-order chi connectivity index (χ1) is 16.2. The van der Waals surface area contributed by atoms with Crippen LogP contribution in [-0.4, -0.2) is 33.0 Å². The second kappa shape index (κ2) is 7.78. The Morgan fingerprint density at radius 3 is 2.70 bits per heavy atom. The van der Waals surface area contributed by atoms with E-state index in [1.807, 2.05) is 41.1 Å². The molecule has 0 radical (unpaired) electrons. The lowest BCUT2D eigenvalue weighted by Crippen LogP contribution is -2.23. The Morgan fingerprint density at radius 1 is 1.06 bits per heavy atom. The zero-order valence-corrected chi connectivity index (χ0v) is 18.3. The van der Waals surface area contributed by atoms with Gasteiger partial charge in [-0.2, -0.15) is 5.10 Å². The van der Waals surface area contributed by atoms with Crippen LogP contribution >= 0.6 is 0 Å². The predicted octanol–water partition coefficient (Wildman–Crippen LogP) is 4.15. The number of fused-ring (bicyclic) bond motifs is 4. The first-order valence-electron chi connectivity index (χ1n) is 11.1. The number of ether oxygens (including phenoxy) is 1. The minimum Gasteiger partial charge on any atom is -0.497 e. The zero-order valence-electron chi connectivity index (χ0n) is 18.3. The van der Waals surface area contributed by atoms with Gasteiger partial charge in [0.1, 0.15) is 23.6 Å². The van der Waals surface area contributed by atoms with E-state index in [1.165, 1.54) is 0 Å². The summed E-state index contributed by atoms with van der Waals surface area (Å²) in [6.45, 7) is 1.71. The van der Waals surface area contributed by atoms with Crippen molar-refractivity contribution in [3.05, 3.63) is 88.6 Å². The largest absolute Gasteiger partial charge is 0.497 e. The van der Waals surface area contributed by atoms with E-state index < -0.39 is 0 Å². The molecule has 1 aliphatic heterocycles. The number of anilines is 1. The Bertz CT molecular complexity index is 1550. The number of nitrogens with zero attached hydrogens (tertiary/aromatic N) is 4. The molecule has 33 heavy (non-hydrogen) atoms.